The highest BCUT2D eigenvalue weighted by Crippen LogP contribution is 2.23. The summed E-state index contributed by atoms with van der Waals surface area (Å²) in [5.41, 5.74) is 3.07. The predicted octanol–water partition coefficient (Wildman–Crippen LogP) is 3.31. The molecule has 5 heteroatoms. The van der Waals surface area contributed by atoms with Crippen molar-refractivity contribution in [3.63, 3.8) is 0 Å². The van der Waals surface area contributed by atoms with E-state index in [-0.39, 0.29) is 5.91 Å². The van der Waals surface area contributed by atoms with Gasteiger partial charge < -0.3 is 10.1 Å². The van der Waals surface area contributed by atoms with Crippen LogP contribution in [0.25, 0.3) is 16.9 Å². The van der Waals surface area contributed by atoms with Crippen LogP contribution < -0.4 is 5.32 Å². The number of ether oxygens (including phenoxy) is 1. The number of aromatic nitrogens is 2. The molecule has 0 aliphatic rings. The molecule has 0 radical (unpaired) electrons. The Kier molecular flexibility index (Phi) is 5.59. The van der Waals surface area contributed by atoms with Gasteiger partial charge in [0.25, 0.3) is 5.91 Å². The van der Waals surface area contributed by atoms with Crippen molar-refractivity contribution < 1.29 is 9.53 Å². The van der Waals surface area contributed by atoms with Gasteiger partial charge in [0.15, 0.2) is 0 Å². The molecule has 0 fully saturated rings. The van der Waals surface area contributed by atoms with Crippen molar-refractivity contribution in [3.8, 4) is 16.9 Å². The van der Waals surface area contributed by atoms with Crippen LogP contribution in [-0.4, -0.2) is 35.9 Å². The number of nitrogens with zero attached hydrogens (tertiary/aromatic N) is 2. The molecule has 1 aromatic heterocycles. The Balaban J connectivity index is 1.92. The van der Waals surface area contributed by atoms with Crippen LogP contribution in [0.4, 0.5) is 0 Å². The van der Waals surface area contributed by atoms with Crippen molar-refractivity contribution in [2.24, 2.45) is 0 Å². The van der Waals surface area contributed by atoms with E-state index in [0.29, 0.717) is 24.4 Å². The minimum absolute atomic E-state index is 0.128. The Morgan fingerprint density at radius 3 is 2.44 bits per heavy atom. The van der Waals surface area contributed by atoms with Gasteiger partial charge in [-0.1, -0.05) is 48.5 Å². The van der Waals surface area contributed by atoms with E-state index in [9.17, 15) is 4.79 Å². The van der Waals surface area contributed by atoms with Crippen LogP contribution in [0.1, 0.15) is 16.8 Å². The average Bonchev–Trinajstić information content (AvgIpc) is 3.12. The fraction of sp³-hybridized carbons (Fsp3) is 0.200. The predicted molar refractivity (Wildman–Crippen MR) is 97.8 cm³/mol. The van der Waals surface area contributed by atoms with Crippen LogP contribution in [-0.2, 0) is 4.74 Å². The highest BCUT2D eigenvalue weighted by Gasteiger charge is 2.18. The summed E-state index contributed by atoms with van der Waals surface area (Å²) >= 11 is 0. The van der Waals surface area contributed by atoms with E-state index >= 15 is 0 Å². The Hall–Kier alpha value is -2.92. The van der Waals surface area contributed by atoms with Gasteiger partial charge in [-0.3, -0.25) is 4.79 Å². The van der Waals surface area contributed by atoms with E-state index in [2.05, 4.69) is 10.4 Å². The molecule has 0 atom stereocenters. The van der Waals surface area contributed by atoms with Gasteiger partial charge in [-0.2, -0.15) is 5.10 Å². The molecule has 3 rings (SSSR count). The lowest BCUT2D eigenvalue weighted by Gasteiger charge is -2.05. The van der Waals surface area contributed by atoms with Gasteiger partial charge in [0, 0.05) is 32.0 Å². The second kappa shape index (κ2) is 8.26. The van der Waals surface area contributed by atoms with E-state index in [1.54, 1.807) is 18.0 Å². The highest BCUT2D eigenvalue weighted by molar-refractivity contribution is 5.99. The second-order valence-corrected chi connectivity index (χ2v) is 5.64. The van der Waals surface area contributed by atoms with Crippen molar-refractivity contribution in [2.45, 2.75) is 6.42 Å². The van der Waals surface area contributed by atoms with Crippen LogP contribution in [0.15, 0.2) is 66.9 Å². The van der Waals surface area contributed by atoms with E-state index in [1.807, 2.05) is 60.7 Å². The Labute approximate surface area is 147 Å². The third-order valence-corrected chi connectivity index (χ3v) is 3.84. The molecule has 25 heavy (non-hydrogen) atoms. The number of carbonyl (C=O) groups is 1. The second-order valence-electron chi connectivity index (χ2n) is 5.64. The van der Waals surface area contributed by atoms with Crippen LogP contribution in [0.3, 0.4) is 0 Å². The normalized spacial score (nSPS) is 10.6. The fourth-order valence-electron chi connectivity index (χ4n) is 2.58. The zero-order valence-electron chi connectivity index (χ0n) is 14.2. The first-order chi connectivity index (χ1) is 12.3. The minimum Gasteiger partial charge on any atom is -0.385 e. The molecule has 0 unspecified atom stereocenters. The van der Waals surface area contributed by atoms with Crippen LogP contribution >= 0.6 is 0 Å². The highest BCUT2D eigenvalue weighted by atomic mass is 16.5. The summed E-state index contributed by atoms with van der Waals surface area (Å²) in [5, 5.41) is 7.58. The van der Waals surface area contributed by atoms with Gasteiger partial charge in [-0.15, -0.1) is 0 Å². The SMILES string of the molecule is COCCCNC(=O)c1cn(-c2ccccc2)nc1-c1ccccc1. The lowest BCUT2D eigenvalue weighted by Crippen LogP contribution is -2.25. The molecule has 1 N–H and O–H groups in total. The van der Waals surface area contributed by atoms with Crippen molar-refractivity contribution in [2.75, 3.05) is 20.3 Å². The molecule has 128 valence electrons. The largest absolute Gasteiger partial charge is 0.385 e. The molecule has 1 amide bonds. The van der Waals surface area contributed by atoms with Gasteiger partial charge in [-0.05, 0) is 18.6 Å². The molecule has 0 bridgehead atoms. The summed E-state index contributed by atoms with van der Waals surface area (Å²) < 4.78 is 6.76. The van der Waals surface area contributed by atoms with Crippen LogP contribution in [0, 0.1) is 0 Å². The Morgan fingerprint density at radius 2 is 1.76 bits per heavy atom. The number of nitrogens with one attached hydrogen (secondary N) is 1. The van der Waals surface area contributed by atoms with Crippen LogP contribution in [0.5, 0.6) is 0 Å². The molecule has 0 aliphatic heterocycles. The Bertz CT molecular complexity index is 813. The molecule has 0 saturated carbocycles. The van der Waals surface area contributed by atoms with E-state index in [1.165, 1.54) is 0 Å². The van der Waals surface area contributed by atoms with Gasteiger partial charge in [0.1, 0.15) is 5.69 Å². The monoisotopic (exact) mass is 335 g/mol. The molecule has 5 nitrogen and oxygen atoms in total. The number of amides is 1. The zero-order chi connectivity index (χ0) is 17.5. The first-order valence-corrected chi connectivity index (χ1v) is 8.27. The number of para-hydroxylation sites is 1. The van der Waals surface area contributed by atoms with E-state index in [4.69, 9.17) is 4.74 Å². The van der Waals surface area contributed by atoms with Crippen molar-refractivity contribution in [1.29, 1.82) is 0 Å². The number of hydrogen-bond donors (Lipinski definition) is 1. The fourth-order valence-corrected chi connectivity index (χ4v) is 2.58. The number of hydrogen-bond acceptors (Lipinski definition) is 3. The lowest BCUT2D eigenvalue weighted by atomic mass is 10.1. The molecule has 1 heterocycles. The van der Waals surface area contributed by atoms with E-state index < -0.39 is 0 Å². The third-order valence-electron chi connectivity index (χ3n) is 3.84. The number of benzene rings is 2. The standard InChI is InChI=1S/C20H21N3O2/c1-25-14-8-13-21-20(24)18-15-23(17-11-6-3-7-12-17)22-19(18)16-9-4-2-5-10-16/h2-7,9-12,15H,8,13-14H2,1H3,(H,21,24). The van der Waals surface area contributed by atoms with Gasteiger partial charge in [0.05, 0.1) is 11.3 Å². The number of methoxy groups -OCH3 is 1. The van der Waals surface area contributed by atoms with Crippen LogP contribution in [0.2, 0.25) is 0 Å². The quantitative estimate of drug-likeness (QED) is 0.674. The number of rotatable bonds is 7. The topological polar surface area (TPSA) is 56.1 Å². The molecule has 0 spiro atoms. The molecular weight excluding hydrogens is 314 g/mol. The molecule has 0 aliphatic carbocycles. The number of carbonyl (C=O) groups excluding carboxylic acids is 1. The average molecular weight is 335 g/mol. The molecule has 0 saturated heterocycles. The lowest BCUT2D eigenvalue weighted by molar-refractivity contribution is 0.0949. The molecule has 2 aromatic carbocycles. The summed E-state index contributed by atoms with van der Waals surface area (Å²) in [6.45, 7) is 1.19. The summed E-state index contributed by atoms with van der Waals surface area (Å²) in [4.78, 5) is 12.6. The molecular formula is C20H21N3O2. The maximum Gasteiger partial charge on any atom is 0.255 e. The zero-order valence-corrected chi connectivity index (χ0v) is 14.2. The third kappa shape index (κ3) is 4.14. The van der Waals surface area contributed by atoms with Gasteiger partial charge in [-0.25, -0.2) is 4.68 Å². The summed E-state index contributed by atoms with van der Waals surface area (Å²) in [7, 11) is 1.65. The summed E-state index contributed by atoms with van der Waals surface area (Å²) in [5.74, 6) is -0.128. The first-order valence-electron chi connectivity index (χ1n) is 8.27. The van der Waals surface area contributed by atoms with E-state index in [0.717, 1.165) is 17.7 Å². The summed E-state index contributed by atoms with van der Waals surface area (Å²) in [6, 6.07) is 19.5. The van der Waals surface area contributed by atoms with Crippen molar-refractivity contribution in [1.82, 2.24) is 15.1 Å². The summed E-state index contributed by atoms with van der Waals surface area (Å²) in [6.07, 6.45) is 2.55. The maximum absolute atomic E-state index is 12.6. The minimum atomic E-state index is -0.128. The van der Waals surface area contributed by atoms with Crippen molar-refractivity contribution in [3.05, 3.63) is 72.4 Å². The van der Waals surface area contributed by atoms with Gasteiger partial charge in [0.2, 0.25) is 0 Å². The molecule has 3 aromatic rings. The maximum atomic E-state index is 12.6. The first kappa shape index (κ1) is 16.9. The Morgan fingerprint density at radius 1 is 1.08 bits per heavy atom. The van der Waals surface area contributed by atoms with Crippen molar-refractivity contribution >= 4 is 5.91 Å². The smallest absolute Gasteiger partial charge is 0.255 e. The van der Waals surface area contributed by atoms with Gasteiger partial charge >= 0.3 is 0 Å².